The van der Waals surface area contributed by atoms with E-state index in [0.717, 1.165) is 0 Å². The van der Waals surface area contributed by atoms with Crippen LogP contribution in [0, 0.1) is 0 Å². The molecule has 1 fully saturated rings. The zero-order valence-corrected chi connectivity index (χ0v) is 12.6. The van der Waals surface area contributed by atoms with Crippen LogP contribution in [0.15, 0.2) is 24.3 Å². The van der Waals surface area contributed by atoms with Crippen LogP contribution in [0.3, 0.4) is 0 Å². The van der Waals surface area contributed by atoms with Gasteiger partial charge in [-0.1, -0.05) is 0 Å². The Kier molecular flexibility index (Phi) is 4.50. The van der Waals surface area contributed by atoms with Crippen molar-refractivity contribution in [3.63, 3.8) is 0 Å². The Bertz CT molecular complexity index is 604. The van der Waals surface area contributed by atoms with Gasteiger partial charge in [-0.2, -0.15) is 12.7 Å². The number of hydrogen-bond donors (Lipinski definition) is 2. The molecular formula is C13H18N2O5S. The summed E-state index contributed by atoms with van der Waals surface area (Å²) in [5.74, 6) is -1.06. The van der Waals surface area contributed by atoms with Crippen LogP contribution in [0.1, 0.15) is 24.2 Å². The fraction of sp³-hybridized carbons (Fsp3) is 0.462. The van der Waals surface area contributed by atoms with E-state index in [0.29, 0.717) is 5.69 Å². The second kappa shape index (κ2) is 6.00. The smallest absolute Gasteiger partial charge is 0.335 e. The molecule has 1 heterocycles. The lowest BCUT2D eigenvalue weighted by Gasteiger charge is -2.34. The third kappa shape index (κ3) is 3.93. The first-order valence-electron chi connectivity index (χ1n) is 6.54. The number of rotatable bonds is 4. The Hall–Kier alpha value is -1.64. The SMILES string of the molecule is CC1CN(S(=O)(=O)Nc2ccc(C(=O)O)cc2)CC(C)O1. The van der Waals surface area contributed by atoms with E-state index >= 15 is 0 Å². The van der Waals surface area contributed by atoms with Crippen LogP contribution < -0.4 is 4.72 Å². The minimum absolute atomic E-state index is 0.103. The van der Waals surface area contributed by atoms with E-state index < -0.39 is 16.2 Å². The fourth-order valence-corrected chi connectivity index (χ4v) is 3.60. The quantitative estimate of drug-likeness (QED) is 0.869. The van der Waals surface area contributed by atoms with Crippen LogP contribution in [0.4, 0.5) is 5.69 Å². The zero-order chi connectivity index (χ0) is 15.6. The maximum Gasteiger partial charge on any atom is 0.335 e. The van der Waals surface area contributed by atoms with Gasteiger partial charge in [0.05, 0.1) is 17.8 Å². The molecule has 2 atom stereocenters. The monoisotopic (exact) mass is 314 g/mol. The molecular weight excluding hydrogens is 296 g/mol. The number of hydrogen-bond acceptors (Lipinski definition) is 4. The number of aromatic carboxylic acids is 1. The molecule has 2 rings (SSSR count). The van der Waals surface area contributed by atoms with Crippen molar-refractivity contribution in [1.29, 1.82) is 0 Å². The van der Waals surface area contributed by atoms with Crippen LogP contribution in [-0.4, -0.2) is 49.1 Å². The van der Waals surface area contributed by atoms with E-state index in [9.17, 15) is 13.2 Å². The van der Waals surface area contributed by atoms with E-state index in [1.807, 2.05) is 13.8 Å². The van der Waals surface area contributed by atoms with Gasteiger partial charge in [0, 0.05) is 18.8 Å². The summed E-state index contributed by atoms with van der Waals surface area (Å²) in [6, 6.07) is 5.55. The summed E-state index contributed by atoms with van der Waals surface area (Å²) in [5.41, 5.74) is 0.429. The first kappa shape index (κ1) is 15.7. The Labute approximate surface area is 123 Å². The van der Waals surface area contributed by atoms with Gasteiger partial charge in [-0.25, -0.2) is 4.79 Å². The average molecular weight is 314 g/mol. The Morgan fingerprint density at radius 1 is 1.24 bits per heavy atom. The van der Waals surface area contributed by atoms with Crippen molar-refractivity contribution in [3.05, 3.63) is 29.8 Å². The largest absolute Gasteiger partial charge is 0.478 e. The number of carbonyl (C=O) groups is 1. The van der Waals surface area contributed by atoms with Crippen molar-refractivity contribution in [2.75, 3.05) is 17.8 Å². The summed E-state index contributed by atoms with van der Waals surface area (Å²) in [6.45, 7) is 4.21. The third-order valence-electron chi connectivity index (χ3n) is 3.10. The summed E-state index contributed by atoms with van der Waals surface area (Å²) in [6.07, 6.45) is -0.334. The van der Waals surface area contributed by atoms with Crippen molar-refractivity contribution in [1.82, 2.24) is 4.31 Å². The number of ether oxygens (including phenoxy) is 1. The van der Waals surface area contributed by atoms with E-state index in [2.05, 4.69) is 4.72 Å². The van der Waals surface area contributed by atoms with Gasteiger partial charge < -0.3 is 9.84 Å². The van der Waals surface area contributed by atoms with Crippen molar-refractivity contribution >= 4 is 21.9 Å². The predicted octanol–water partition coefficient (Wildman–Crippen LogP) is 1.15. The molecule has 0 spiro atoms. The molecule has 0 radical (unpaired) electrons. The highest BCUT2D eigenvalue weighted by Gasteiger charge is 2.30. The topological polar surface area (TPSA) is 95.9 Å². The van der Waals surface area contributed by atoms with Gasteiger partial charge in [-0.05, 0) is 38.1 Å². The summed E-state index contributed by atoms with van der Waals surface area (Å²) < 4.78 is 33.9. The molecule has 7 nitrogen and oxygen atoms in total. The van der Waals surface area contributed by atoms with Crippen LogP contribution in [-0.2, 0) is 14.9 Å². The zero-order valence-electron chi connectivity index (χ0n) is 11.8. The van der Waals surface area contributed by atoms with Crippen LogP contribution in [0.5, 0.6) is 0 Å². The highest BCUT2D eigenvalue weighted by atomic mass is 32.2. The van der Waals surface area contributed by atoms with Gasteiger partial charge in [0.25, 0.3) is 0 Å². The van der Waals surface area contributed by atoms with Crippen LogP contribution in [0.25, 0.3) is 0 Å². The molecule has 1 aromatic carbocycles. The number of carboxylic acids is 1. The summed E-state index contributed by atoms with van der Waals surface area (Å²) in [4.78, 5) is 10.8. The maximum absolute atomic E-state index is 12.3. The molecule has 0 amide bonds. The molecule has 0 bridgehead atoms. The molecule has 1 aromatic rings. The van der Waals surface area contributed by atoms with Gasteiger partial charge >= 0.3 is 16.2 Å². The number of morpholine rings is 1. The fourth-order valence-electron chi connectivity index (χ4n) is 2.22. The van der Waals surface area contributed by atoms with Gasteiger partial charge in [0.15, 0.2) is 0 Å². The Balaban J connectivity index is 2.11. The first-order valence-corrected chi connectivity index (χ1v) is 7.98. The van der Waals surface area contributed by atoms with Crippen molar-refractivity contribution in [3.8, 4) is 0 Å². The predicted molar refractivity (Wildman–Crippen MR) is 77.5 cm³/mol. The minimum atomic E-state index is -3.68. The highest BCUT2D eigenvalue weighted by molar-refractivity contribution is 7.90. The van der Waals surface area contributed by atoms with Crippen molar-refractivity contribution in [2.45, 2.75) is 26.1 Å². The van der Waals surface area contributed by atoms with Gasteiger partial charge in [-0.3, -0.25) is 4.72 Å². The lowest BCUT2D eigenvalue weighted by Crippen LogP contribution is -2.49. The number of nitrogens with one attached hydrogen (secondary N) is 1. The lowest BCUT2D eigenvalue weighted by atomic mass is 10.2. The number of carboxylic acid groups (broad SMARTS) is 1. The molecule has 2 unspecified atom stereocenters. The van der Waals surface area contributed by atoms with Crippen LogP contribution >= 0.6 is 0 Å². The van der Waals surface area contributed by atoms with Gasteiger partial charge in [0.1, 0.15) is 0 Å². The molecule has 0 saturated carbocycles. The molecule has 21 heavy (non-hydrogen) atoms. The van der Waals surface area contributed by atoms with E-state index in [1.54, 1.807) is 0 Å². The molecule has 2 N–H and O–H groups in total. The standard InChI is InChI=1S/C13H18N2O5S/c1-9-7-15(8-10(2)20-9)21(18,19)14-12-5-3-11(4-6-12)13(16)17/h3-6,9-10,14H,7-8H2,1-2H3,(H,16,17). The second-order valence-electron chi connectivity index (χ2n) is 5.06. The molecule has 8 heteroatoms. The second-order valence-corrected chi connectivity index (χ2v) is 6.73. The van der Waals surface area contributed by atoms with E-state index in [-0.39, 0.29) is 30.9 Å². The lowest BCUT2D eigenvalue weighted by molar-refractivity contribution is -0.0439. The summed E-state index contributed by atoms with van der Waals surface area (Å²) in [7, 11) is -3.68. The molecule has 116 valence electrons. The molecule has 0 aromatic heterocycles. The molecule has 1 aliphatic heterocycles. The van der Waals surface area contributed by atoms with Gasteiger partial charge in [0.2, 0.25) is 0 Å². The summed E-state index contributed by atoms with van der Waals surface area (Å²) in [5, 5.41) is 8.81. The molecule has 1 aliphatic rings. The molecule has 1 saturated heterocycles. The normalized spacial score (nSPS) is 23.7. The molecule has 0 aliphatic carbocycles. The average Bonchev–Trinajstić information content (AvgIpc) is 2.37. The van der Waals surface area contributed by atoms with E-state index in [1.165, 1.54) is 28.6 Å². The highest BCUT2D eigenvalue weighted by Crippen LogP contribution is 2.18. The number of anilines is 1. The minimum Gasteiger partial charge on any atom is -0.478 e. The van der Waals surface area contributed by atoms with Gasteiger partial charge in [-0.15, -0.1) is 0 Å². The summed E-state index contributed by atoms with van der Waals surface area (Å²) >= 11 is 0. The Morgan fingerprint density at radius 2 is 1.76 bits per heavy atom. The maximum atomic E-state index is 12.3. The van der Waals surface area contributed by atoms with Crippen molar-refractivity contribution < 1.29 is 23.1 Å². The third-order valence-corrected chi connectivity index (χ3v) is 4.58. The number of benzene rings is 1. The first-order chi connectivity index (χ1) is 9.78. The van der Waals surface area contributed by atoms with E-state index in [4.69, 9.17) is 9.84 Å². The van der Waals surface area contributed by atoms with Crippen molar-refractivity contribution in [2.24, 2.45) is 0 Å². The Morgan fingerprint density at radius 3 is 2.24 bits per heavy atom. The number of nitrogens with zero attached hydrogens (tertiary/aromatic N) is 1. The van der Waals surface area contributed by atoms with Crippen LogP contribution in [0.2, 0.25) is 0 Å².